The first-order valence-corrected chi connectivity index (χ1v) is 6.10. The fourth-order valence-electron chi connectivity index (χ4n) is 2.01. The van der Waals surface area contributed by atoms with Crippen LogP contribution in [0, 0.1) is 0 Å². The minimum atomic E-state index is -1.03. The molecule has 0 aliphatic carbocycles. The lowest BCUT2D eigenvalue weighted by atomic mass is 9.96. The van der Waals surface area contributed by atoms with E-state index in [0.29, 0.717) is 19.4 Å². The molecule has 1 fully saturated rings. The molecule has 1 heterocycles. The topological polar surface area (TPSA) is 87.1 Å². The number of carboxylic acids is 1. The van der Waals surface area contributed by atoms with Crippen LogP contribution in [-0.4, -0.2) is 51.5 Å². The van der Waals surface area contributed by atoms with Crippen LogP contribution in [0.3, 0.4) is 0 Å². The van der Waals surface area contributed by atoms with Crippen LogP contribution in [0.25, 0.3) is 0 Å². The lowest BCUT2D eigenvalue weighted by molar-refractivity contribution is -0.140. The number of ether oxygens (including phenoxy) is 1. The van der Waals surface area contributed by atoms with E-state index in [2.05, 4.69) is 0 Å². The molecule has 6 heteroatoms. The Morgan fingerprint density at radius 1 is 1.39 bits per heavy atom. The van der Waals surface area contributed by atoms with Gasteiger partial charge in [-0.05, 0) is 33.6 Å². The molecule has 0 spiro atoms. The number of amides is 1. The molecule has 0 saturated carbocycles. The summed E-state index contributed by atoms with van der Waals surface area (Å²) in [6.07, 6.45) is -0.469. The second kappa shape index (κ2) is 5.56. The van der Waals surface area contributed by atoms with Gasteiger partial charge in [0.2, 0.25) is 0 Å². The van der Waals surface area contributed by atoms with Gasteiger partial charge in [-0.2, -0.15) is 0 Å². The van der Waals surface area contributed by atoms with Crippen molar-refractivity contribution in [2.75, 3.05) is 6.54 Å². The minimum Gasteiger partial charge on any atom is -0.481 e. The molecule has 0 aromatic carbocycles. The highest BCUT2D eigenvalue weighted by Gasteiger charge is 2.36. The monoisotopic (exact) mass is 259 g/mol. The molecule has 104 valence electrons. The first kappa shape index (κ1) is 14.8. The van der Waals surface area contributed by atoms with Gasteiger partial charge in [0.25, 0.3) is 0 Å². The van der Waals surface area contributed by atoms with Gasteiger partial charge in [-0.3, -0.25) is 4.79 Å². The average molecular weight is 259 g/mol. The van der Waals surface area contributed by atoms with E-state index >= 15 is 0 Å². The maximum atomic E-state index is 12.0. The van der Waals surface area contributed by atoms with Crippen LogP contribution < -0.4 is 0 Å². The summed E-state index contributed by atoms with van der Waals surface area (Å²) in [6.45, 7) is 5.66. The predicted octanol–water partition coefficient (Wildman–Crippen LogP) is 1.22. The summed E-state index contributed by atoms with van der Waals surface area (Å²) in [7, 11) is 0. The van der Waals surface area contributed by atoms with Crippen LogP contribution in [0.2, 0.25) is 0 Å². The third-order valence-electron chi connectivity index (χ3n) is 2.76. The van der Waals surface area contributed by atoms with Gasteiger partial charge >= 0.3 is 12.1 Å². The van der Waals surface area contributed by atoms with Crippen molar-refractivity contribution in [1.29, 1.82) is 0 Å². The van der Waals surface area contributed by atoms with E-state index < -0.39 is 29.8 Å². The van der Waals surface area contributed by atoms with Gasteiger partial charge in [0, 0.05) is 6.54 Å². The highest BCUT2D eigenvalue weighted by atomic mass is 16.6. The number of carbonyl (C=O) groups excluding carboxylic acids is 1. The Morgan fingerprint density at radius 2 is 2.00 bits per heavy atom. The van der Waals surface area contributed by atoms with Crippen LogP contribution in [0.1, 0.15) is 40.0 Å². The second-order valence-corrected chi connectivity index (χ2v) is 5.55. The maximum Gasteiger partial charge on any atom is 0.410 e. The van der Waals surface area contributed by atoms with Crippen LogP contribution in [0.15, 0.2) is 0 Å². The summed E-state index contributed by atoms with van der Waals surface area (Å²) in [5, 5.41) is 18.6. The molecule has 1 aliphatic rings. The van der Waals surface area contributed by atoms with Crippen LogP contribution in [0.4, 0.5) is 4.79 Å². The molecule has 1 saturated heterocycles. The number of hydrogen-bond donors (Lipinski definition) is 2. The van der Waals surface area contributed by atoms with Crippen molar-refractivity contribution in [1.82, 2.24) is 4.90 Å². The Bertz CT molecular complexity index is 323. The highest BCUT2D eigenvalue weighted by molar-refractivity contribution is 5.72. The molecule has 1 aliphatic heterocycles. The van der Waals surface area contributed by atoms with E-state index in [1.54, 1.807) is 20.8 Å². The summed E-state index contributed by atoms with van der Waals surface area (Å²) >= 11 is 0. The summed E-state index contributed by atoms with van der Waals surface area (Å²) < 4.78 is 5.22. The first-order chi connectivity index (χ1) is 8.20. The van der Waals surface area contributed by atoms with Gasteiger partial charge in [0.1, 0.15) is 5.60 Å². The van der Waals surface area contributed by atoms with E-state index in [1.807, 2.05) is 0 Å². The summed E-state index contributed by atoms with van der Waals surface area (Å²) in [6, 6.07) is -0.703. The number of aliphatic carboxylic acids is 1. The van der Waals surface area contributed by atoms with Crippen molar-refractivity contribution < 1.29 is 24.5 Å². The van der Waals surface area contributed by atoms with Crippen molar-refractivity contribution in [3.8, 4) is 0 Å². The number of aliphatic hydroxyl groups excluding tert-OH is 1. The molecule has 0 bridgehead atoms. The molecular weight excluding hydrogens is 238 g/mol. The zero-order valence-corrected chi connectivity index (χ0v) is 11.0. The molecule has 2 unspecified atom stereocenters. The predicted molar refractivity (Wildman–Crippen MR) is 64.2 cm³/mol. The zero-order valence-electron chi connectivity index (χ0n) is 11.0. The molecule has 2 atom stereocenters. The van der Waals surface area contributed by atoms with Crippen molar-refractivity contribution in [2.45, 2.75) is 57.8 Å². The summed E-state index contributed by atoms with van der Waals surface area (Å²) in [4.78, 5) is 24.1. The Hall–Kier alpha value is -1.30. The van der Waals surface area contributed by atoms with E-state index in [4.69, 9.17) is 9.84 Å². The lowest BCUT2D eigenvalue weighted by Gasteiger charge is -2.38. The molecule has 18 heavy (non-hydrogen) atoms. The minimum absolute atomic E-state index is 0.263. The Labute approximate surface area is 107 Å². The maximum absolute atomic E-state index is 12.0. The first-order valence-electron chi connectivity index (χ1n) is 6.10. The van der Waals surface area contributed by atoms with Crippen LogP contribution in [0.5, 0.6) is 0 Å². The Balaban J connectivity index is 2.75. The quantitative estimate of drug-likeness (QED) is 0.778. The van der Waals surface area contributed by atoms with Gasteiger partial charge in [-0.25, -0.2) is 4.79 Å². The number of carbonyl (C=O) groups is 2. The number of likely N-dealkylation sites (tertiary alicyclic amines) is 1. The number of carboxylic acid groups (broad SMARTS) is 1. The molecule has 6 nitrogen and oxygen atoms in total. The number of hydrogen-bond acceptors (Lipinski definition) is 4. The van der Waals surface area contributed by atoms with Crippen molar-refractivity contribution >= 4 is 12.1 Å². The summed E-state index contributed by atoms with van der Waals surface area (Å²) in [5.74, 6) is -1.03. The third-order valence-corrected chi connectivity index (χ3v) is 2.76. The average Bonchev–Trinajstić information content (AvgIpc) is 2.17. The Kier molecular flexibility index (Phi) is 4.56. The second-order valence-electron chi connectivity index (χ2n) is 5.55. The van der Waals surface area contributed by atoms with E-state index in [1.165, 1.54) is 4.90 Å². The van der Waals surface area contributed by atoms with E-state index in [-0.39, 0.29) is 6.42 Å². The molecule has 0 radical (unpaired) electrons. The smallest absolute Gasteiger partial charge is 0.410 e. The number of aliphatic hydroxyl groups is 1. The normalized spacial score (nSPS) is 24.8. The van der Waals surface area contributed by atoms with Gasteiger partial charge in [0.15, 0.2) is 0 Å². The molecule has 1 rings (SSSR count). The largest absolute Gasteiger partial charge is 0.481 e. The van der Waals surface area contributed by atoms with E-state index in [9.17, 15) is 14.7 Å². The molecule has 0 aromatic rings. The fraction of sp³-hybridized carbons (Fsp3) is 0.833. The van der Waals surface area contributed by atoms with Crippen LogP contribution in [-0.2, 0) is 9.53 Å². The lowest BCUT2D eigenvalue weighted by Crippen LogP contribution is -2.53. The molecule has 0 aromatic heterocycles. The van der Waals surface area contributed by atoms with Gasteiger partial charge in [-0.15, -0.1) is 0 Å². The highest BCUT2D eigenvalue weighted by Crippen LogP contribution is 2.23. The number of nitrogens with zero attached hydrogens (tertiary/aromatic N) is 1. The third kappa shape index (κ3) is 4.18. The molecule has 1 amide bonds. The SMILES string of the molecule is CC(C)(C)OC(=O)N1CCCC(O)C1CC(=O)O. The van der Waals surface area contributed by atoms with E-state index in [0.717, 1.165) is 0 Å². The standard InChI is InChI=1S/C12H21NO5/c1-12(2,3)18-11(17)13-6-4-5-9(14)8(13)7-10(15)16/h8-9,14H,4-7H2,1-3H3,(H,15,16). The Morgan fingerprint density at radius 3 is 2.50 bits per heavy atom. The van der Waals surface area contributed by atoms with Crippen LogP contribution >= 0.6 is 0 Å². The molecule has 2 N–H and O–H groups in total. The van der Waals surface area contributed by atoms with Gasteiger partial charge in [0.05, 0.1) is 18.6 Å². The number of rotatable bonds is 2. The van der Waals surface area contributed by atoms with Crippen molar-refractivity contribution in [3.63, 3.8) is 0 Å². The van der Waals surface area contributed by atoms with Gasteiger partial charge < -0.3 is 19.8 Å². The summed E-state index contributed by atoms with van der Waals surface area (Å²) in [5.41, 5.74) is -0.632. The fourth-order valence-corrected chi connectivity index (χ4v) is 2.01. The zero-order chi connectivity index (χ0) is 13.9. The van der Waals surface area contributed by atoms with Crippen molar-refractivity contribution in [3.05, 3.63) is 0 Å². The number of piperidine rings is 1. The van der Waals surface area contributed by atoms with Gasteiger partial charge in [-0.1, -0.05) is 0 Å². The molecular formula is C12H21NO5. The van der Waals surface area contributed by atoms with Crippen molar-refractivity contribution in [2.24, 2.45) is 0 Å².